The number of alkyl halides is 2. The van der Waals surface area contributed by atoms with Crippen molar-refractivity contribution in [3.8, 4) is 22.9 Å². The summed E-state index contributed by atoms with van der Waals surface area (Å²) in [6.07, 6.45) is 0.131. The molecule has 4 rings (SSSR count). The standard InChI is InChI=1S/C19H18F3N5O2/c1-26-17(28)14-16(24-18(26)29)27(10-11-5-7-19(21,22)8-6-11)25-15(23-14)12-3-2-4-13(20)9-12/h2-4,9,11H,5-8,10H2,1H3. The van der Waals surface area contributed by atoms with Crippen molar-refractivity contribution in [1.29, 1.82) is 0 Å². The van der Waals surface area contributed by atoms with Crippen LogP contribution in [0, 0.1) is 11.7 Å². The minimum absolute atomic E-state index is 0.00409. The highest BCUT2D eigenvalue weighted by atomic mass is 19.3. The van der Waals surface area contributed by atoms with Gasteiger partial charge in [0.25, 0.3) is 5.56 Å². The van der Waals surface area contributed by atoms with Gasteiger partial charge in [0.2, 0.25) is 5.92 Å². The summed E-state index contributed by atoms with van der Waals surface area (Å²) < 4.78 is 42.8. The average molecular weight is 405 g/mol. The summed E-state index contributed by atoms with van der Waals surface area (Å²) >= 11 is 0. The third-order valence-corrected chi connectivity index (χ3v) is 5.24. The SMILES string of the molecule is Cn1c(=O)nc2n(CC3CCC(F)(F)CC3)nc(-c3cccc(F)c3)nc-2c1=O. The number of hydrogen-bond acceptors (Lipinski definition) is 5. The highest BCUT2D eigenvalue weighted by molar-refractivity contribution is 5.59. The molecule has 0 atom stereocenters. The van der Waals surface area contributed by atoms with E-state index in [1.54, 1.807) is 6.07 Å². The Bertz CT molecular complexity index is 1150. The predicted molar refractivity (Wildman–Crippen MR) is 98.2 cm³/mol. The Morgan fingerprint density at radius 1 is 1.17 bits per heavy atom. The van der Waals surface area contributed by atoms with Crippen LogP contribution in [0.2, 0.25) is 0 Å². The number of halogens is 3. The van der Waals surface area contributed by atoms with Crippen molar-refractivity contribution in [2.75, 3.05) is 0 Å². The van der Waals surface area contributed by atoms with Crippen LogP contribution in [0.1, 0.15) is 25.7 Å². The molecule has 2 heterocycles. The van der Waals surface area contributed by atoms with Gasteiger partial charge in [-0.05, 0) is 30.9 Å². The zero-order valence-electron chi connectivity index (χ0n) is 15.6. The Kier molecular flexibility index (Phi) is 4.71. The Morgan fingerprint density at radius 2 is 1.90 bits per heavy atom. The smallest absolute Gasteiger partial charge is 0.267 e. The van der Waals surface area contributed by atoms with Crippen LogP contribution in [0.25, 0.3) is 22.9 Å². The molecule has 7 nitrogen and oxygen atoms in total. The van der Waals surface area contributed by atoms with Crippen LogP contribution in [0.15, 0.2) is 33.9 Å². The molecule has 1 fully saturated rings. The van der Waals surface area contributed by atoms with E-state index in [9.17, 15) is 22.8 Å². The van der Waals surface area contributed by atoms with E-state index in [4.69, 9.17) is 0 Å². The van der Waals surface area contributed by atoms with Crippen LogP contribution < -0.4 is 11.2 Å². The molecule has 10 heteroatoms. The first kappa shape index (κ1) is 19.3. The second-order valence-corrected chi connectivity index (χ2v) is 7.36. The van der Waals surface area contributed by atoms with E-state index < -0.39 is 23.0 Å². The van der Waals surface area contributed by atoms with E-state index in [1.807, 2.05) is 0 Å². The normalized spacial score (nSPS) is 17.0. The number of benzene rings is 1. The average Bonchev–Trinajstić information content (AvgIpc) is 2.68. The molecule has 0 N–H and O–H groups in total. The predicted octanol–water partition coefficient (Wildman–Crippen LogP) is 2.47. The summed E-state index contributed by atoms with van der Waals surface area (Å²) in [6, 6.07) is 5.58. The summed E-state index contributed by atoms with van der Waals surface area (Å²) in [5, 5.41) is 4.36. The van der Waals surface area contributed by atoms with Gasteiger partial charge in [-0.1, -0.05) is 12.1 Å². The van der Waals surface area contributed by atoms with Gasteiger partial charge in [0, 0.05) is 32.0 Å². The second-order valence-electron chi connectivity index (χ2n) is 7.36. The molecule has 1 saturated carbocycles. The second kappa shape index (κ2) is 7.09. The van der Waals surface area contributed by atoms with Crippen LogP contribution in [0.4, 0.5) is 13.2 Å². The minimum Gasteiger partial charge on any atom is -0.267 e. The zero-order valence-corrected chi connectivity index (χ0v) is 15.6. The van der Waals surface area contributed by atoms with Crippen LogP contribution in [-0.4, -0.2) is 30.2 Å². The molecule has 0 bridgehead atoms. The Labute approximate surface area is 163 Å². The largest absolute Gasteiger partial charge is 0.352 e. The Balaban J connectivity index is 1.83. The Hall–Kier alpha value is -3.04. The molecule has 29 heavy (non-hydrogen) atoms. The first-order valence-electron chi connectivity index (χ1n) is 9.23. The van der Waals surface area contributed by atoms with Crippen molar-refractivity contribution in [2.45, 2.75) is 38.2 Å². The molecule has 0 aromatic heterocycles. The molecule has 0 unspecified atom stereocenters. The molecule has 0 radical (unpaired) electrons. The van der Waals surface area contributed by atoms with Gasteiger partial charge in [-0.3, -0.25) is 9.36 Å². The van der Waals surface area contributed by atoms with Gasteiger partial charge in [0.05, 0.1) is 0 Å². The topological polar surface area (TPSA) is 82.7 Å². The molecule has 0 amide bonds. The molecule has 1 aromatic carbocycles. The van der Waals surface area contributed by atoms with Gasteiger partial charge < -0.3 is 0 Å². The van der Waals surface area contributed by atoms with E-state index in [-0.39, 0.29) is 55.5 Å². The van der Waals surface area contributed by atoms with Crippen LogP contribution >= 0.6 is 0 Å². The van der Waals surface area contributed by atoms with Gasteiger partial charge in [0.1, 0.15) is 5.82 Å². The summed E-state index contributed by atoms with van der Waals surface area (Å²) in [5.41, 5.74) is -1.14. The fraction of sp³-hybridized carbons (Fsp3) is 0.421. The van der Waals surface area contributed by atoms with Crippen molar-refractivity contribution in [1.82, 2.24) is 24.3 Å². The van der Waals surface area contributed by atoms with E-state index in [0.29, 0.717) is 5.56 Å². The molecular weight excluding hydrogens is 387 g/mol. The molecule has 3 aliphatic rings. The molecule has 0 spiro atoms. The van der Waals surface area contributed by atoms with Gasteiger partial charge in [-0.15, -0.1) is 0 Å². The number of rotatable bonds is 3. The lowest BCUT2D eigenvalue weighted by Gasteiger charge is -2.29. The molecule has 1 aromatic rings. The number of nitrogens with zero attached hydrogens (tertiary/aromatic N) is 5. The summed E-state index contributed by atoms with van der Waals surface area (Å²) in [7, 11) is 1.29. The number of fused-ring (bicyclic) bond motifs is 1. The van der Waals surface area contributed by atoms with Gasteiger partial charge in [-0.2, -0.15) is 10.1 Å². The first-order valence-corrected chi connectivity index (χ1v) is 9.23. The minimum atomic E-state index is -2.67. The molecular formula is C19H18F3N5O2. The molecule has 152 valence electrons. The fourth-order valence-corrected chi connectivity index (χ4v) is 3.53. The van der Waals surface area contributed by atoms with Crippen LogP contribution in [0.5, 0.6) is 0 Å². The molecule has 1 aliphatic carbocycles. The van der Waals surface area contributed by atoms with Gasteiger partial charge in [-0.25, -0.2) is 27.6 Å². The molecule has 2 aliphatic heterocycles. The summed E-state index contributed by atoms with van der Waals surface area (Å²) in [5.74, 6) is -3.18. The lowest BCUT2D eigenvalue weighted by Crippen LogP contribution is -2.38. The quantitative estimate of drug-likeness (QED) is 0.669. The maximum absolute atomic E-state index is 13.7. The highest BCUT2D eigenvalue weighted by Crippen LogP contribution is 2.37. The van der Waals surface area contributed by atoms with Gasteiger partial charge >= 0.3 is 5.69 Å². The van der Waals surface area contributed by atoms with Crippen LogP contribution in [0.3, 0.4) is 0 Å². The summed E-state index contributed by atoms with van der Waals surface area (Å²) in [6.45, 7) is 0.205. The van der Waals surface area contributed by atoms with E-state index in [2.05, 4.69) is 15.1 Å². The lowest BCUT2D eigenvalue weighted by molar-refractivity contribution is -0.0476. The Morgan fingerprint density at radius 3 is 2.59 bits per heavy atom. The third kappa shape index (κ3) is 3.79. The van der Waals surface area contributed by atoms with E-state index >= 15 is 0 Å². The van der Waals surface area contributed by atoms with Crippen molar-refractivity contribution >= 4 is 0 Å². The number of hydrogen-bond donors (Lipinski definition) is 0. The van der Waals surface area contributed by atoms with Crippen molar-refractivity contribution in [3.05, 3.63) is 50.9 Å². The maximum Gasteiger partial charge on any atom is 0.352 e. The van der Waals surface area contributed by atoms with Crippen LogP contribution in [-0.2, 0) is 13.6 Å². The van der Waals surface area contributed by atoms with Crippen molar-refractivity contribution in [3.63, 3.8) is 0 Å². The third-order valence-electron chi connectivity index (χ3n) is 5.24. The molecule has 0 saturated heterocycles. The van der Waals surface area contributed by atoms with E-state index in [0.717, 1.165) is 4.57 Å². The monoisotopic (exact) mass is 405 g/mol. The first-order chi connectivity index (χ1) is 13.7. The zero-order chi connectivity index (χ0) is 20.8. The highest BCUT2D eigenvalue weighted by Gasteiger charge is 2.35. The lowest BCUT2D eigenvalue weighted by atomic mass is 9.87. The van der Waals surface area contributed by atoms with Crippen molar-refractivity contribution < 1.29 is 13.2 Å². The number of aromatic nitrogens is 5. The maximum atomic E-state index is 13.7. The van der Waals surface area contributed by atoms with E-state index in [1.165, 1.54) is 29.9 Å². The summed E-state index contributed by atoms with van der Waals surface area (Å²) in [4.78, 5) is 32.7. The fourth-order valence-electron chi connectivity index (χ4n) is 3.53. The van der Waals surface area contributed by atoms with Crippen molar-refractivity contribution in [2.24, 2.45) is 13.0 Å². The van der Waals surface area contributed by atoms with Gasteiger partial charge in [0.15, 0.2) is 17.3 Å².